The molecule has 0 bridgehead atoms. The van der Waals surface area contributed by atoms with Crippen LogP contribution in [0.1, 0.15) is 10.4 Å². The third-order valence-electron chi connectivity index (χ3n) is 5.69. The van der Waals surface area contributed by atoms with Crippen molar-refractivity contribution in [3.63, 3.8) is 0 Å². The normalized spacial score (nSPS) is 22.9. The van der Waals surface area contributed by atoms with Crippen LogP contribution in [0, 0.1) is 0 Å². The molecule has 2 saturated heterocycles. The van der Waals surface area contributed by atoms with E-state index in [-0.39, 0.29) is 11.9 Å². The van der Waals surface area contributed by atoms with Crippen molar-refractivity contribution in [2.45, 2.75) is 12.1 Å². The number of hydrogen-bond donors (Lipinski definition) is 1. The zero-order chi connectivity index (χ0) is 20.5. The highest BCUT2D eigenvalue weighted by Crippen LogP contribution is 2.33. The first-order valence-corrected chi connectivity index (χ1v) is 10.7. The Morgan fingerprint density at radius 1 is 0.931 bits per heavy atom. The zero-order valence-corrected chi connectivity index (χ0v) is 18.0. The maximum atomic E-state index is 12.8. The Labute approximate surface area is 185 Å². The average molecular weight is 455 g/mol. The van der Waals surface area contributed by atoms with Gasteiger partial charge in [0.25, 0.3) is 5.91 Å². The molecule has 0 aliphatic carbocycles. The van der Waals surface area contributed by atoms with E-state index in [9.17, 15) is 9.90 Å². The van der Waals surface area contributed by atoms with E-state index in [0.717, 1.165) is 31.9 Å². The SMILES string of the molecule is O=C(c1ccc(Cl)cc1)N1C[C@H](O)[C@@H](N2CCN(c3cccc(Cl)c3Cl)CC2)C1. The van der Waals surface area contributed by atoms with E-state index in [4.69, 9.17) is 34.8 Å². The third kappa shape index (κ3) is 4.35. The predicted molar refractivity (Wildman–Crippen MR) is 117 cm³/mol. The molecule has 2 aromatic carbocycles. The average Bonchev–Trinajstić information content (AvgIpc) is 3.12. The molecule has 2 atom stereocenters. The zero-order valence-electron chi connectivity index (χ0n) is 15.8. The van der Waals surface area contributed by atoms with Crippen molar-refractivity contribution in [1.29, 1.82) is 0 Å². The summed E-state index contributed by atoms with van der Waals surface area (Å²) >= 11 is 18.4. The summed E-state index contributed by atoms with van der Waals surface area (Å²) in [7, 11) is 0. The molecule has 29 heavy (non-hydrogen) atoms. The minimum Gasteiger partial charge on any atom is -0.390 e. The lowest BCUT2D eigenvalue weighted by Crippen LogP contribution is -2.53. The Balaban J connectivity index is 1.38. The van der Waals surface area contributed by atoms with Crippen LogP contribution in [0.25, 0.3) is 0 Å². The van der Waals surface area contributed by atoms with Gasteiger partial charge in [-0.15, -0.1) is 0 Å². The van der Waals surface area contributed by atoms with Crippen LogP contribution in [0.5, 0.6) is 0 Å². The second-order valence-electron chi connectivity index (χ2n) is 7.45. The van der Waals surface area contributed by atoms with Gasteiger partial charge in [-0.3, -0.25) is 9.69 Å². The maximum Gasteiger partial charge on any atom is 0.253 e. The van der Waals surface area contributed by atoms with Gasteiger partial charge in [0.05, 0.1) is 27.9 Å². The highest BCUT2D eigenvalue weighted by molar-refractivity contribution is 6.43. The van der Waals surface area contributed by atoms with Gasteiger partial charge in [-0.25, -0.2) is 0 Å². The highest BCUT2D eigenvalue weighted by atomic mass is 35.5. The second-order valence-corrected chi connectivity index (χ2v) is 8.67. The molecule has 8 heteroatoms. The molecule has 0 saturated carbocycles. The van der Waals surface area contributed by atoms with Gasteiger partial charge in [0.15, 0.2) is 0 Å². The van der Waals surface area contributed by atoms with Crippen LogP contribution < -0.4 is 4.90 Å². The number of nitrogens with zero attached hydrogens (tertiary/aromatic N) is 3. The number of rotatable bonds is 3. The minimum atomic E-state index is -0.562. The van der Waals surface area contributed by atoms with E-state index in [2.05, 4.69) is 9.80 Å². The Kier molecular flexibility index (Phi) is 6.23. The van der Waals surface area contributed by atoms with Gasteiger partial charge in [-0.1, -0.05) is 40.9 Å². The topological polar surface area (TPSA) is 47.0 Å². The van der Waals surface area contributed by atoms with Crippen LogP contribution in [0.15, 0.2) is 42.5 Å². The molecule has 0 radical (unpaired) electrons. The first-order valence-electron chi connectivity index (χ1n) is 9.60. The van der Waals surface area contributed by atoms with Crippen LogP contribution in [0.3, 0.4) is 0 Å². The molecule has 0 aromatic heterocycles. The number of aliphatic hydroxyl groups excluding tert-OH is 1. The van der Waals surface area contributed by atoms with Crippen molar-refractivity contribution in [3.05, 3.63) is 63.1 Å². The van der Waals surface area contributed by atoms with Gasteiger partial charge in [-0.2, -0.15) is 0 Å². The monoisotopic (exact) mass is 453 g/mol. The number of aliphatic hydroxyl groups is 1. The van der Waals surface area contributed by atoms with E-state index < -0.39 is 6.10 Å². The molecule has 2 fully saturated rings. The number of amides is 1. The highest BCUT2D eigenvalue weighted by Gasteiger charge is 2.39. The van der Waals surface area contributed by atoms with E-state index in [1.165, 1.54) is 0 Å². The molecule has 1 N–H and O–H groups in total. The number of β-amino-alcohol motifs (C(OH)–C–C–N with tert-alkyl or cyclic N) is 1. The van der Waals surface area contributed by atoms with Crippen LogP contribution in [0.2, 0.25) is 15.1 Å². The van der Waals surface area contributed by atoms with Gasteiger partial charge in [-0.05, 0) is 36.4 Å². The lowest BCUT2D eigenvalue weighted by Gasteiger charge is -2.40. The molecule has 5 nitrogen and oxygen atoms in total. The third-order valence-corrected chi connectivity index (χ3v) is 6.75. The Morgan fingerprint density at radius 3 is 2.31 bits per heavy atom. The molecular weight excluding hydrogens is 433 g/mol. The number of likely N-dealkylation sites (tertiary alicyclic amines) is 1. The fourth-order valence-electron chi connectivity index (χ4n) is 4.10. The molecule has 1 amide bonds. The number of carbonyl (C=O) groups excluding carboxylic acids is 1. The molecule has 2 heterocycles. The second kappa shape index (κ2) is 8.70. The maximum absolute atomic E-state index is 12.8. The van der Waals surface area contributed by atoms with Gasteiger partial charge >= 0.3 is 0 Å². The Bertz CT molecular complexity index is 885. The largest absolute Gasteiger partial charge is 0.390 e. The number of carbonyl (C=O) groups is 1. The fraction of sp³-hybridized carbons (Fsp3) is 0.381. The summed E-state index contributed by atoms with van der Waals surface area (Å²) in [6.07, 6.45) is -0.562. The lowest BCUT2D eigenvalue weighted by atomic mass is 10.1. The summed E-state index contributed by atoms with van der Waals surface area (Å²) in [6.45, 7) is 4.00. The molecule has 4 rings (SSSR count). The minimum absolute atomic E-state index is 0.0665. The first kappa shape index (κ1) is 20.8. The fourth-order valence-corrected chi connectivity index (χ4v) is 4.64. The standard InChI is InChI=1S/C21H22Cl3N3O2/c22-15-6-4-14(5-7-15)21(29)27-12-18(19(28)13-27)26-10-8-25(9-11-26)17-3-1-2-16(23)20(17)24/h1-7,18-19,28H,8-13H2/t18-,19-/m0/s1. The van der Waals surface area contributed by atoms with Crippen LogP contribution in [-0.4, -0.2) is 72.2 Å². The summed E-state index contributed by atoms with van der Waals surface area (Å²) in [6, 6.07) is 12.4. The molecular formula is C21H22Cl3N3O2. The Morgan fingerprint density at radius 2 is 1.62 bits per heavy atom. The van der Waals surface area contributed by atoms with Crippen LogP contribution in [-0.2, 0) is 0 Å². The summed E-state index contributed by atoms with van der Waals surface area (Å²) in [5.74, 6) is -0.0763. The summed E-state index contributed by atoms with van der Waals surface area (Å²) in [4.78, 5) is 18.9. The van der Waals surface area contributed by atoms with Gasteiger partial charge in [0.2, 0.25) is 0 Å². The predicted octanol–water partition coefficient (Wildman–Crippen LogP) is 3.65. The van der Waals surface area contributed by atoms with Crippen molar-refractivity contribution in [2.75, 3.05) is 44.2 Å². The van der Waals surface area contributed by atoms with E-state index in [1.54, 1.807) is 35.2 Å². The molecule has 154 valence electrons. The number of halogens is 3. The number of anilines is 1. The molecule has 0 unspecified atom stereocenters. The summed E-state index contributed by atoms with van der Waals surface area (Å²) < 4.78 is 0. The lowest BCUT2D eigenvalue weighted by molar-refractivity contribution is 0.0754. The summed E-state index contributed by atoms with van der Waals surface area (Å²) in [5.41, 5.74) is 1.52. The van der Waals surface area contributed by atoms with Gasteiger partial charge in [0.1, 0.15) is 0 Å². The van der Waals surface area contributed by atoms with Crippen molar-refractivity contribution < 1.29 is 9.90 Å². The summed E-state index contributed by atoms with van der Waals surface area (Å²) in [5, 5.41) is 12.3. The Hall–Kier alpha value is -1.50. The smallest absolute Gasteiger partial charge is 0.253 e. The molecule has 2 aliphatic rings. The van der Waals surface area contributed by atoms with E-state index in [1.807, 2.05) is 12.1 Å². The molecule has 2 aromatic rings. The number of benzene rings is 2. The van der Waals surface area contributed by atoms with Crippen LogP contribution in [0.4, 0.5) is 5.69 Å². The molecule has 0 spiro atoms. The van der Waals surface area contributed by atoms with Crippen molar-refractivity contribution in [2.24, 2.45) is 0 Å². The van der Waals surface area contributed by atoms with Crippen molar-refractivity contribution >= 4 is 46.4 Å². The van der Waals surface area contributed by atoms with E-state index in [0.29, 0.717) is 33.7 Å². The van der Waals surface area contributed by atoms with E-state index >= 15 is 0 Å². The van der Waals surface area contributed by atoms with Crippen molar-refractivity contribution in [3.8, 4) is 0 Å². The number of piperazine rings is 1. The molecule has 2 aliphatic heterocycles. The van der Waals surface area contributed by atoms with Gasteiger partial charge in [0, 0.05) is 49.9 Å². The van der Waals surface area contributed by atoms with Crippen LogP contribution >= 0.6 is 34.8 Å². The van der Waals surface area contributed by atoms with Gasteiger partial charge < -0.3 is 14.9 Å². The quantitative estimate of drug-likeness (QED) is 0.769. The first-order chi connectivity index (χ1) is 13.9. The van der Waals surface area contributed by atoms with Crippen molar-refractivity contribution in [1.82, 2.24) is 9.80 Å². The number of hydrogen-bond acceptors (Lipinski definition) is 4.